The Labute approximate surface area is 182 Å². The number of carbonyl (C=O) groups is 1. The smallest absolute Gasteiger partial charge is 0.263 e. The van der Waals surface area contributed by atoms with E-state index in [4.69, 9.17) is 10.2 Å². The summed E-state index contributed by atoms with van der Waals surface area (Å²) in [6, 6.07) is 8.95. The summed E-state index contributed by atoms with van der Waals surface area (Å²) in [5.74, 6) is -0.0101. The SMILES string of the molecule is Cc1sc2nc(SCC(=O)Nc3ccc(C#N)cc3)n(C3CCCC3)c(=O)c2c1C. The van der Waals surface area contributed by atoms with Crippen LogP contribution >= 0.6 is 23.1 Å². The fourth-order valence-corrected chi connectivity index (χ4v) is 5.77. The highest BCUT2D eigenvalue weighted by Gasteiger charge is 2.25. The van der Waals surface area contributed by atoms with E-state index in [2.05, 4.69) is 11.4 Å². The van der Waals surface area contributed by atoms with E-state index in [1.54, 1.807) is 24.3 Å². The van der Waals surface area contributed by atoms with Gasteiger partial charge in [0.15, 0.2) is 5.16 Å². The summed E-state index contributed by atoms with van der Waals surface area (Å²) in [6.45, 7) is 3.99. The van der Waals surface area contributed by atoms with Gasteiger partial charge >= 0.3 is 0 Å². The number of thioether (sulfide) groups is 1. The fraction of sp³-hybridized carbons (Fsp3) is 0.364. The molecule has 8 heteroatoms. The number of anilines is 1. The number of thiophene rings is 1. The average molecular weight is 439 g/mol. The van der Waals surface area contributed by atoms with Gasteiger partial charge in [0, 0.05) is 16.6 Å². The van der Waals surface area contributed by atoms with E-state index in [0.717, 1.165) is 46.3 Å². The van der Waals surface area contributed by atoms with Gasteiger partial charge in [0.05, 0.1) is 22.8 Å². The molecule has 0 radical (unpaired) electrons. The maximum atomic E-state index is 13.4. The van der Waals surface area contributed by atoms with Crippen LogP contribution in [0.4, 0.5) is 5.69 Å². The highest BCUT2D eigenvalue weighted by atomic mass is 32.2. The molecule has 1 saturated carbocycles. The summed E-state index contributed by atoms with van der Waals surface area (Å²) in [4.78, 5) is 32.5. The van der Waals surface area contributed by atoms with Crippen molar-refractivity contribution in [2.45, 2.75) is 50.7 Å². The van der Waals surface area contributed by atoms with Gasteiger partial charge in [-0.2, -0.15) is 5.26 Å². The Morgan fingerprint density at radius 3 is 2.67 bits per heavy atom. The van der Waals surface area contributed by atoms with Crippen molar-refractivity contribution in [3.63, 3.8) is 0 Å². The van der Waals surface area contributed by atoms with Crippen molar-refractivity contribution in [3.8, 4) is 6.07 Å². The third-order valence-electron chi connectivity index (χ3n) is 5.52. The molecule has 0 bridgehead atoms. The maximum Gasteiger partial charge on any atom is 0.263 e. The molecule has 0 atom stereocenters. The molecule has 1 fully saturated rings. The average Bonchev–Trinajstić information content (AvgIpc) is 3.35. The van der Waals surface area contributed by atoms with Crippen LogP contribution in [0.25, 0.3) is 10.2 Å². The van der Waals surface area contributed by atoms with Crippen molar-refractivity contribution >= 4 is 44.9 Å². The Hall–Kier alpha value is -2.63. The highest BCUT2D eigenvalue weighted by Crippen LogP contribution is 2.34. The van der Waals surface area contributed by atoms with Gasteiger partial charge in [-0.05, 0) is 56.5 Å². The van der Waals surface area contributed by atoms with Crippen molar-refractivity contribution in [3.05, 3.63) is 50.6 Å². The zero-order valence-electron chi connectivity index (χ0n) is 16.9. The summed E-state index contributed by atoms with van der Waals surface area (Å²) in [5, 5.41) is 13.1. The molecule has 6 nitrogen and oxygen atoms in total. The van der Waals surface area contributed by atoms with Crippen LogP contribution in [0.3, 0.4) is 0 Å². The zero-order valence-corrected chi connectivity index (χ0v) is 18.5. The molecule has 0 saturated heterocycles. The minimum atomic E-state index is -0.171. The van der Waals surface area contributed by atoms with Gasteiger partial charge < -0.3 is 5.32 Å². The number of hydrogen-bond acceptors (Lipinski definition) is 6. The Morgan fingerprint density at radius 1 is 1.30 bits per heavy atom. The molecule has 1 N–H and O–H groups in total. The predicted octanol–water partition coefficient (Wildman–Crippen LogP) is 4.79. The highest BCUT2D eigenvalue weighted by molar-refractivity contribution is 7.99. The predicted molar refractivity (Wildman–Crippen MR) is 121 cm³/mol. The molecule has 1 aliphatic carbocycles. The number of amides is 1. The number of carbonyl (C=O) groups excluding carboxylic acids is 1. The van der Waals surface area contributed by atoms with E-state index in [9.17, 15) is 9.59 Å². The number of hydrogen-bond donors (Lipinski definition) is 1. The molecule has 0 aliphatic heterocycles. The van der Waals surface area contributed by atoms with Crippen LogP contribution in [-0.4, -0.2) is 21.2 Å². The van der Waals surface area contributed by atoms with Crippen LogP contribution in [0.1, 0.15) is 47.7 Å². The number of nitrogens with zero attached hydrogens (tertiary/aromatic N) is 3. The Bertz CT molecular complexity index is 1200. The minimum absolute atomic E-state index is 0.0174. The number of aromatic nitrogens is 2. The van der Waals surface area contributed by atoms with E-state index < -0.39 is 0 Å². The maximum absolute atomic E-state index is 13.4. The first kappa shape index (κ1) is 20.6. The van der Waals surface area contributed by atoms with E-state index >= 15 is 0 Å². The molecule has 30 heavy (non-hydrogen) atoms. The van der Waals surface area contributed by atoms with Crippen LogP contribution < -0.4 is 10.9 Å². The minimum Gasteiger partial charge on any atom is -0.325 e. The van der Waals surface area contributed by atoms with Gasteiger partial charge in [0.1, 0.15) is 4.83 Å². The standard InChI is InChI=1S/C22H22N4O2S2/c1-13-14(2)30-20-19(13)21(28)26(17-5-3-4-6-17)22(25-20)29-12-18(27)24-16-9-7-15(11-23)8-10-16/h7-10,17H,3-6,12H2,1-2H3,(H,24,27). The molecule has 1 aromatic carbocycles. The zero-order chi connectivity index (χ0) is 21.3. The topological polar surface area (TPSA) is 87.8 Å². The summed E-state index contributed by atoms with van der Waals surface area (Å²) in [6.07, 6.45) is 4.17. The lowest BCUT2D eigenvalue weighted by Crippen LogP contribution is -2.27. The molecule has 1 amide bonds. The van der Waals surface area contributed by atoms with Crippen molar-refractivity contribution in [1.82, 2.24) is 9.55 Å². The summed E-state index contributed by atoms with van der Waals surface area (Å²) >= 11 is 2.84. The molecule has 1 aliphatic rings. The second-order valence-electron chi connectivity index (χ2n) is 7.50. The van der Waals surface area contributed by atoms with Crippen LogP contribution in [0.15, 0.2) is 34.2 Å². The normalized spacial score (nSPS) is 14.2. The lowest BCUT2D eigenvalue weighted by Gasteiger charge is -2.18. The van der Waals surface area contributed by atoms with Crippen molar-refractivity contribution < 1.29 is 4.79 Å². The summed E-state index contributed by atoms with van der Waals surface area (Å²) in [5.41, 5.74) is 2.21. The summed E-state index contributed by atoms with van der Waals surface area (Å²) < 4.78 is 1.83. The first-order chi connectivity index (χ1) is 14.5. The number of nitriles is 1. The lowest BCUT2D eigenvalue weighted by atomic mass is 10.2. The van der Waals surface area contributed by atoms with Crippen LogP contribution in [0.2, 0.25) is 0 Å². The Balaban J connectivity index is 1.59. The molecular weight excluding hydrogens is 416 g/mol. The number of nitrogens with one attached hydrogen (secondary N) is 1. The van der Waals surface area contributed by atoms with Gasteiger partial charge in [-0.1, -0.05) is 24.6 Å². The number of benzene rings is 1. The van der Waals surface area contributed by atoms with E-state index in [0.29, 0.717) is 16.4 Å². The van der Waals surface area contributed by atoms with Gasteiger partial charge in [-0.25, -0.2) is 4.98 Å². The van der Waals surface area contributed by atoms with Crippen molar-refractivity contribution in [1.29, 1.82) is 5.26 Å². The lowest BCUT2D eigenvalue weighted by molar-refractivity contribution is -0.113. The van der Waals surface area contributed by atoms with Crippen molar-refractivity contribution in [2.75, 3.05) is 11.1 Å². The fourth-order valence-electron chi connectivity index (χ4n) is 3.83. The van der Waals surface area contributed by atoms with Crippen LogP contribution in [0.5, 0.6) is 0 Å². The van der Waals surface area contributed by atoms with Gasteiger partial charge in [0.2, 0.25) is 5.91 Å². The number of aryl methyl sites for hydroxylation is 2. The van der Waals surface area contributed by atoms with E-state index in [1.165, 1.54) is 23.1 Å². The van der Waals surface area contributed by atoms with E-state index in [-0.39, 0.29) is 23.3 Å². The molecule has 4 rings (SSSR count). The second-order valence-corrected chi connectivity index (χ2v) is 9.64. The summed E-state index contributed by atoms with van der Waals surface area (Å²) in [7, 11) is 0. The number of fused-ring (bicyclic) bond motifs is 1. The Morgan fingerprint density at radius 2 is 2.00 bits per heavy atom. The molecule has 0 unspecified atom stereocenters. The van der Waals surface area contributed by atoms with Crippen LogP contribution in [-0.2, 0) is 4.79 Å². The van der Waals surface area contributed by atoms with Gasteiger partial charge in [-0.15, -0.1) is 11.3 Å². The van der Waals surface area contributed by atoms with Crippen molar-refractivity contribution in [2.24, 2.45) is 0 Å². The molecule has 3 aromatic rings. The third kappa shape index (κ3) is 4.00. The largest absolute Gasteiger partial charge is 0.325 e. The molecule has 0 spiro atoms. The quantitative estimate of drug-likeness (QED) is 0.457. The first-order valence-corrected chi connectivity index (χ1v) is 11.7. The second kappa shape index (κ2) is 8.62. The molecule has 154 valence electrons. The van der Waals surface area contributed by atoms with E-state index in [1.807, 2.05) is 18.4 Å². The first-order valence-electron chi connectivity index (χ1n) is 9.93. The molecule has 2 aromatic heterocycles. The molecule has 2 heterocycles. The van der Waals surface area contributed by atoms with Crippen LogP contribution in [0, 0.1) is 25.2 Å². The van der Waals surface area contributed by atoms with Gasteiger partial charge in [0.25, 0.3) is 5.56 Å². The Kier molecular flexibility index (Phi) is 5.93. The van der Waals surface area contributed by atoms with Gasteiger partial charge in [-0.3, -0.25) is 14.2 Å². The number of rotatable bonds is 5. The monoisotopic (exact) mass is 438 g/mol. The third-order valence-corrected chi connectivity index (χ3v) is 7.58. The molecular formula is C22H22N4O2S2.